The predicted octanol–water partition coefficient (Wildman–Crippen LogP) is 2.55. The molecule has 0 aromatic carbocycles. The van der Waals surface area contributed by atoms with Crippen LogP contribution < -0.4 is 10.0 Å². The molecule has 0 spiro atoms. The Morgan fingerprint density at radius 3 is 2.74 bits per heavy atom. The third-order valence-electron chi connectivity index (χ3n) is 3.04. The molecule has 19 heavy (non-hydrogen) atoms. The predicted molar refractivity (Wildman–Crippen MR) is 82.1 cm³/mol. The van der Waals surface area contributed by atoms with Gasteiger partial charge in [-0.1, -0.05) is 11.6 Å². The molecule has 2 atom stereocenters. The molecule has 1 fully saturated rings. The Labute approximate surface area is 129 Å². The SMILES string of the molecule is Cc1cc(S(=O)(=O)NC2CCNC(C)C2)sc1Cl.Cl. The quantitative estimate of drug-likeness (QED) is 0.885. The zero-order valence-corrected chi connectivity index (χ0v) is 14.0. The summed E-state index contributed by atoms with van der Waals surface area (Å²) in [6.07, 6.45) is 1.64. The standard InChI is InChI=1S/C11H17ClN2O2S2.ClH/c1-7-5-10(17-11(7)12)18(15,16)14-9-3-4-13-8(2)6-9;/h5,8-9,13-14H,3-4,6H2,1-2H3;1H. The van der Waals surface area contributed by atoms with E-state index < -0.39 is 10.0 Å². The lowest BCUT2D eigenvalue weighted by Crippen LogP contribution is -2.46. The molecule has 1 aromatic heterocycles. The summed E-state index contributed by atoms with van der Waals surface area (Å²) in [6, 6.07) is 1.98. The number of thiophene rings is 1. The van der Waals surface area contributed by atoms with Gasteiger partial charge in [-0.25, -0.2) is 13.1 Å². The molecule has 0 bridgehead atoms. The van der Waals surface area contributed by atoms with Crippen molar-refractivity contribution in [1.29, 1.82) is 0 Å². The van der Waals surface area contributed by atoms with Crippen molar-refractivity contribution in [2.45, 2.75) is 43.0 Å². The lowest BCUT2D eigenvalue weighted by atomic mass is 10.0. The van der Waals surface area contributed by atoms with Gasteiger partial charge in [-0.05, 0) is 44.9 Å². The second-order valence-electron chi connectivity index (χ2n) is 4.72. The van der Waals surface area contributed by atoms with E-state index in [1.165, 1.54) is 0 Å². The number of sulfonamides is 1. The summed E-state index contributed by atoms with van der Waals surface area (Å²) < 4.78 is 28.0. The van der Waals surface area contributed by atoms with Gasteiger partial charge in [0.15, 0.2) is 0 Å². The van der Waals surface area contributed by atoms with Gasteiger partial charge < -0.3 is 5.32 Å². The van der Waals surface area contributed by atoms with E-state index in [1.807, 2.05) is 6.92 Å². The van der Waals surface area contributed by atoms with Gasteiger partial charge >= 0.3 is 0 Å². The number of halogens is 2. The molecule has 0 radical (unpaired) electrons. The molecule has 1 aromatic rings. The average molecular weight is 345 g/mol. The molecule has 1 aliphatic rings. The first-order valence-electron chi connectivity index (χ1n) is 5.90. The maximum atomic E-state index is 12.2. The Kier molecular flexibility index (Phi) is 6.10. The molecule has 8 heteroatoms. The third-order valence-corrected chi connectivity index (χ3v) is 6.59. The van der Waals surface area contributed by atoms with Gasteiger partial charge in [-0.3, -0.25) is 0 Å². The Balaban J connectivity index is 0.00000180. The van der Waals surface area contributed by atoms with Crippen molar-refractivity contribution < 1.29 is 8.42 Å². The van der Waals surface area contributed by atoms with Crippen LogP contribution >= 0.6 is 35.3 Å². The van der Waals surface area contributed by atoms with Crippen LogP contribution in [0.2, 0.25) is 4.34 Å². The molecule has 2 unspecified atom stereocenters. The van der Waals surface area contributed by atoms with Crippen molar-refractivity contribution in [2.75, 3.05) is 6.54 Å². The van der Waals surface area contributed by atoms with Crippen LogP contribution in [0.25, 0.3) is 0 Å². The number of nitrogens with one attached hydrogen (secondary N) is 2. The summed E-state index contributed by atoms with van der Waals surface area (Å²) in [5.41, 5.74) is 0.806. The smallest absolute Gasteiger partial charge is 0.250 e. The van der Waals surface area contributed by atoms with Gasteiger partial charge in [0.2, 0.25) is 10.0 Å². The van der Waals surface area contributed by atoms with Gasteiger partial charge in [0, 0.05) is 12.1 Å². The molecule has 0 aliphatic carbocycles. The van der Waals surface area contributed by atoms with Crippen LogP contribution in [-0.4, -0.2) is 27.0 Å². The molecule has 1 saturated heterocycles. The molecular weight excluding hydrogens is 327 g/mol. The molecule has 2 rings (SSSR count). The van der Waals surface area contributed by atoms with Crippen molar-refractivity contribution in [3.05, 3.63) is 16.0 Å². The van der Waals surface area contributed by atoms with Crippen molar-refractivity contribution in [2.24, 2.45) is 0 Å². The molecule has 4 nitrogen and oxygen atoms in total. The van der Waals surface area contributed by atoms with E-state index in [2.05, 4.69) is 17.0 Å². The van der Waals surface area contributed by atoms with Gasteiger partial charge in [0.25, 0.3) is 0 Å². The third kappa shape index (κ3) is 4.31. The van der Waals surface area contributed by atoms with Gasteiger partial charge in [-0.15, -0.1) is 23.7 Å². The number of rotatable bonds is 3. The Hall–Kier alpha value is 0.150. The molecule has 110 valence electrons. The Bertz CT molecular complexity index is 511. The minimum atomic E-state index is -3.43. The zero-order valence-electron chi connectivity index (χ0n) is 10.8. The van der Waals surface area contributed by atoms with Crippen LogP contribution in [-0.2, 0) is 10.0 Å². The summed E-state index contributed by atoms with van der Waals surface area (Å²) in [6.45, 7) is 4.72. The molecule has 2 N–H and O–H groups in total. The highest BCUT2D eigenvalue weighted by Crippen LogP contribution is 2.30. The first-order chi connectivity index (χ1) is 8.38. The zero-order chi connectivity index (χ0) is 13.3. The molecular formula is C11H18Cl2N2O2S2. The van der Waals surface area contributed by atoms with Crippen LogP contribution in [0.4, 0.5) is 0 Å². The highest BCUT2D eigenvalue weighted by Gasteiger charge is 2.25. The van der Waals surface area contributed by atoms with Crippen LogP contribution in [0.3, 0.4) is 0 Å². The summed E-state index contributed by atoms with van der Waals surface area (Å²) in [5.74, 6) is 0. The van der Waals surface area contributed by atoms with Gasteiger partial charge in [0.05, 0.1) is 4.34 Å². The number of hydrogen-bond acceptors (Lipinski definition) is 4. The minimum Gasteiger partial charge on any atom is -0.314 e. The lowest BCUT2D eigenvalue weighted by Gasteiger charge is -2.28. The highest BCUT2D eigenvalue weighted by atomic mass is 35.5. The lowest BCUT2D eigenvalue weighted by molar-refractivity contribution is 0.361. The van der Waals surface area contributed by atoms with Crippen LogP contribution in [0, 0.1) is 6.92 Å². The second-order valence-corrected chi connectivity index (χ2v) is 8.32. The average Bonchev–Trinajstić information content (AvgIpc) is 2.59. The maximum absolute atomic E-state index is 12.2. The topological polar surface area (TPSA) is 58.2 Å². The molecule has 0 amide bonds. The fourth-order valence-electron chi connectivity index (χ4n) is 2.08. The molecule has 1 aliphatic heterocycles. The van der Waals surface area contributed by atoms with E-state index in [-0.39, 0.29) is 18.4 Å². The first-order valence-corrected chi connectivity index (χ1v) is 8.58. The van der Waals surface area contributed by atoms with E-state index in [1.54, 1.807) is 6.07 Å². The van der Waals surface area contributed by atoms with Gasteiger partial charge in [-0.2, -0.15) is 0 Å². The van der Waals surface area contributed by atoms with Crippen LogP contribution in [0.1, 0.15) is 25.3 Å². The van der Waals surface area contributed by atoms with E-state index in [4.69, 9.17) is 11.6 Å². The summed E-state index contributed by atoms with van der Waals surface area (Å²) in [5, 5.41) is 3.30. The van der Waals surface area contributed by atoms with E-state index in [0.29, 0.717) is 14.6 Å². The second kappa shape index (κ2) is 6.74. The number of piperidine rings is 1. The molecule has 0 saturated carbocycles. The normalized spacial score (nSPS) is 23.9. The van der Waals surface area contributed by atoms with Crippen molar-refractivity contribution in [3.63, 3.8) is 0 Å². The fourth-order valence-corrected chi connectivity index (χ4v) is 5.09. The monoisotopic (exact) mass is 344 g/mol. The maximum Gasteiger partial charge on any atom is 0.250 e. The molecule has 2 heterocycles. The van der Waals surface area contributed by atoms with Crippen LogP contribution in [0.5, 0.6) is 0 Å². The number of hydrogen-bond donors (Lipinski definition) is 2. The Morgan fingerprint density at radius 1 is 1.53 bits per heavy atom. The van der Waals surface area contributed by atoms with E-state index >= 15 is 0 Å². The Morgan fingerprint density at radius 2 is 2.21 bits per heavy atom. The van der Waals surface area contributed by atoms with Gasteiger partial charge in [0.1, 0.15) is 4.21 Å². The largest absolute Gasteiger partial charge is 0.314 e. The van der Waals surface area contributed by atoms with E-state index in [0.717, 1.165) is 36.3 Å². The fraction of sp³-hybridized carbons (Fsp3) is 0.636. The van der Waals surface area contributed by atoms with E-state index in [9.17, 15) is 8.42 Å². The highest BCUT2D eigenvalue weighted by molar-refractivity contribution is 7.91. The van der Waals surface area contributed by atoms with Crippen LogP contribution in [0.15, 0.2) is 10.3 Å². The summed E-state index contributed by atoms with van der Waals surface area (Å²) >= 11 is 7.03. The number of aryl methyl sites for hydroxylation is 1. The first kappa shape index (κ1) is 17.2. The van der Waals surface area contributed by atoms with Crippen molar-refractivity contribution >= 4 is 45.4 Å². The van der Waals surface area contributed by atoms with Crippen molar-refractivity contribution in [1.82, 2.24) is 10.0 Å². The summed E-state index contributed by atoms with van der Waals surface area (Å²) in [4.78, 5) is 0. The minimum absolute atomic E-state index is 0. The summed E-state index contributed by atoms with van der Waals surface area (Å²) in [7, 11) is -3.43. The van der Waals surface area contributed by atoms with Crippen molar-refractivity contribution in [3.8, 4) is 0 Å².